The van der Waals surface area contributed by atoms with Gasteiger partial charge in [0.1, 0.15) is 0 Å². The zero-order valence-corrected chi connectivity index (χ0v) is 11.2. The van der Waals surface area contributed by atoms with Gasteiger partial charge in [-0.2, -0.15) is 0 Å². The molecule has 0 spiro atoms. The number of carboxylic acids is 1. The quantitative estimate of drug-likeness (QED) is 0.715. The van der Waals surface area contributed by atoms with Crippen molar-refractivity contribution < 1.29 is 14.7 Å². The number of nitrogens with zero attached hydrogens (tertiary/aromatic N) is 1. The average molecular weight is 256 g/mol. The van der Waals surface area contributed by atoms with Crippen molar-refractivity contribution in [1.82, 2.24) is 10.2 Å². The molecule has 0 bridgehead atoms. The largest absolute Gasteiger partial charge is 0.481 e. The molecule has 0 aliphatic heterocycles. The lowest BCUT2D eigenvalue weighted by Crippen LogP contribution is -2.38. The molecule has 5 nitrogen and oxygen atoms in total. The second kappa shape index (κ2) is 8.08. The third-order valence-corrected chi connectivity index (χ3v) is 3.43. The van der Waals surface area contributed by atoms with Crippen molar-refractivity contribution >= 4 is 11.9 Å². The van der Waals surface area contributed by atoms with Crippen molar-refractivity contribution in [3.8, 4) is 0 Å². The van der Waals surface area contributed by atoms with Crippen molar-refractivity contribution in [1.29, 1.82) is 0 Å². The lowest BCUT2D eigenvalue weighted by Gasteiger charge is -2.22. The van der Waals surface area contributed by atoms with Crippen molar-refractivity contribution in [3.63, 3.8) is 0 Å². The summed E-state index contributed by atoms with van der Waals surface area (Å²) >= 11 is 0. The first kappa shape index (κ1) is 15.0. The van der Waals surface area contributed by atoms with Crippen LogP contribution in [0.25, 0.3) is 0 Å². The smallest absolute Gasteiger partial charge is 0.304 e. The van der Waals surface area contributed by atoms with E-state index < -0.39 is 5.97 Å². The van der Waals surface area contributed by atoms with Crippen LogP contribution >= 0.6 is 0 Å². The molecule has 0 aromatic carbocycles. The molecule has 0 aromatic rings. The fourth-order valence-electron chi connectivity index (χ4n) is 2.32. The number of aliphatic carboxylic acids is 1. The standard InChI is InChI=1S/C13H24N2O3/c1-15(8-7-13(17)18)10-12(16)14-9-11-5-3-2-4-6-11/h11H,2-10H2,1H3,(H,14,16)(H,17,18). The monoisotopic (exact) mass is 256 g/mol. The Hall–Kier alpha value is -1.10. The number of carbonyl (C=O) groups is 2. The Morgan fingerprint density at radius 3 is 2.56 bits per heavy atom. The molecule has 1 aliphatic carbocycles. The molecule has 1 aliphatic rings. The molecule has 0 aromatic heterocycles. The number of rotatable bonds is 7. The van der Waals surface area contributed by atoms with Crippen LogP contribution in [-0.4, -0.2) is 48.6 Å². The number of hydrogen-bond donors (Lipinski definition) is 2. The van der Waals surface area contributed by atoms with E-state index in [1.165, 1.54) is 32.1 Å². The van der Waals surface area contributed by atoms with Crippen LogP contribution in [0, 0.1) is 5.92 Å². The van der Waals surface area contributed by atoms with E-state index in [9.17, 15) is 9.59 Å². The van der Waals surface area contributed by atoms with Crippen LogP contribution in [0.4, 0.5) is 0 Å². The first-order valence-corrected chi connectivity index (χ1v) is 6.75. The maximum Gasteiger partial charge on any atom is 0.304 e. The van der Waals surface area contributed by atoms with Crippen LogP contribution in [0.3, 0.4) is 0 Å². The zero-order valence-electron chi connectivity index (χ0n) is 11.2. The van der Waals surface area contributed by atoms with E-state index in [1.807, 2.05) is 0 Å². The molecule has 2 N–H and O–H groups in total. The van der Waals surface area contributed by atoms with Gasteiger partial charge >= 0.3 is 5.97 Å². The summed E-state index contributed by atoms with van der Waals surface area (Å²) in [6.07, 6.45) is 6.39. The number of carboxylic acid groups (broad SMARTS) is 1. The van der Waals surface area contributed by atoms with E-state index in [-0.39, 0.29) is 18.9 Å². The molecule has 18 heavy (non-hydrogen) atoms. The maximum absolute atomic E-state index is 11.6. The van der Waals surface area contributed by atoms with E-state index >= 15 is 0 Å². The highest BCUT2D eigenvalue weighted by Crippen LogP contribution is 2.22. The van der Waals surface area contributed by atoms with Gasteiger partial charge in [-0.05, 0) is 25.8 Å². The summed E-state index contributed by atoms with van der Waals surface area (Å²) in [5.74, 6) is -0.204. The first-order valence-electron chi connectivity index (χ1n) is 6.75. The highest BCUT2D eigenvalue weighted by Gasteiger charge is 2.14. The Morgan fingerprint density at radius 1 is 1.28 bits per heavy atom. The van der Waals surface area contributed by atoms with Crippen LogP contribution in [0.2, 0.25) is 0 Å². The van der Waals surface area contributed by atoms with Crippen molar-refractivity contribution in [2.75, 3.05) is 26.7 Å². The van der Waals surface area contributed by atoms with Gasteiger partial charge in [-0.3, -0.25) is 14.5 Å². The van der Waals surface area contributed by atoms with Crippen LogP contribution in [-0.2, 0) is 9.59 Å². The van der Waals surface area contributed by atoms with E-state index in [0.717, 1.165) is 6.54 Å². The van der Waals surface area contributed by atoms with E-state index in [4.69, 9.17) is 5.11 Å². The number of carbonyl (C=O) groups excluding carboxylic acids is 1. The van der Waals surface area contributed by atoms with Crippen LogP contribution in [0.15, 0.2) is 0 Å². The Balaban J connectivity index is 2.10. The highest BCUT2D eigenvalue weighted by molar-refractivity contribution is 5.78. The number of amides is 1. The molecule has 1 amide bonds. The van der Waals surface area contributed by atoms with Crippen LogP contribution in [0.5, 0.6) is 0 Å². The van der Waals surface area contributed by atoms with Crippen molar-refractivity contribution in [2.45, 2.75) is 38.5 Å². The Kier molecular flexibility index (Phi) is 6.72. The summed E-state index contributed by atoms with van der Waals surface area (Å²) in [4.78, 5) is 23.8. The molecule has 1 rings (SSSR count). The van der Waals surface area contributed by atoms with Gasteiger partial charge in [0.05, 0.1) is 13.0 Å². The van der Waals surface area contributed by atoms with Crippen molar-refractivity contribution in [2.24, 2.45) is 5.92 Å². The van der Waals surface area contributed by atoms with Gasteiger partial charge in [0.15, 0.2) is 0 Å². The van der Waals surface area contributed by atoms with Gasteiger partial charge in [-0.15, -0.1) is 0 Å². The second-order valence-corrected chi connectivity index (χ2v) is 5.19. The average Bonchev–Trinajstić information content (AvgIpc) is 2.35. The molecule has 1 fully saturated rings. The summed E-state index contributed by atoms with van der Waals surface area (Å²) < 4.78 is 0. The molecule has 104 valence electrons. The zero-order chi connectivity index (χ0) is 13.4. The second-order valence-electron chi connectivity index (χ2n) is 5.19. The molecule has 0 unspecified atom stereocenters. The van der Waals surface area contributed by atoms with Gasteiger partial charge < -0.3 is 10.4 Å². The third-order valence-electron chi connectivity index (χ3n) is 3.43. The van der Waals surface area contributed by atoms with E-state index in [2.05, 4.69) is 5.32 Å². The lowest BCUT2D eigenvalue weighted by atomic mass is 9.89. The lowest BCUT2D eigenvalue weighted by molar-refractivity contribution is -0.137. The molecule has 1 saturated carbocycles. The molecule has 0 saturated heterocycles. The van der Waals surface area contributed by atoms with E-state index in [0.29, 0.717) is 12.5 Å². The molecule has 0 atom stereocenters. The third kappa shape index (κ3) is 6.59. The molecule has 0 heterocycles. The first-order chi connectivity index (χ1) is 8.58. The minimum absolute atomic E-state index is 0.00605. The molecular formula is C13H24N2O3. The Bertz CT molecular complexity index is 275. The topological polar surface area (TPSA) is 69.6 Å². The van der Waals surface area contributed by atoms with Crippen molar-refractivity contribution in [3.05, 3.63) is 0 Å². The maximum atomic E-state index is 11.6. The van der Waals surface area contributed by atoms with Gasteiger partial charge in [0.2, 0.25) is 5.91 Å². The van der Waals surface area contributed by atoms with Gasteiger partial charge in [-0.25, -0.2) is 0 Å². The van der Waals surface area contributed by atoms with Crippen LogP contribution < -0.4 is 5.32 Å². The molecule has 0 radical (unpaired) electrons. The van der Waals surface area contributed by atoms with E-state index in [1.54, 1.807) is 11.9 Å². The number of likely N-dealkylation sites (N-methyl/N-ethyl adjacent to an activating group) is 1. The fourth-order valence-corrected chi connectivity index (χ4v) is 2.32. The summed E-state index contributed by atoms with van der Waals surface area (Å²) in [7, 11) is 1.77. The predicted molar refractivity (Wildman–Crippen MR) is 69.3 cm³/mol. The minimum Gasteiger partial charge on any atom is -0.481 e. The summed E-state index contributed by atoms with van der Waals surface area (Å²) in [6.45, 7) is 1.46. The number of nitrogens with one attached hydrogen (secondary N) is 1. The molecular weight excluding hydrogens is 232 g/mol. The molecule has 5 heteroatoms. The normalized spacial score (nSPS) is 16.8. The number of hydrogen-bond acceptors (Lipinski definition) is 3. The minimum atomic E-state index is -0.829. The van der Waals surface area contributed by atoms with Gasteiger partial charge in [0, 0.05) is 13.1 Å². The highest BCUT2D eigenvalue weighted by atomic mass is 16.4. The summed E-state index contributed by atoms with van der Waals surface area (Å²) in [6, 6.07) is 0. The fraction of sp³-hybridized carbons (Fsp3) is 0.846. The van der Waals surface area contributed by atoms with Gasteiger partial charge in [-0.1, -0.05) is 19.3 Å². The summed E-state index contributed by atoms with van der Waals surface area (Å²) in [5.41, 5.74) is 0. The SMILES string of the molecule is CN(CCC(=O)O)CC(=O)NCC1CCCCC1. The predicted octanol–water partition coefficient (Wildman–Crippen LogP) is 1.09. The Morgan fingerprint density at radius 2 is 1.94 bits per heavy atom. The Labute approximate surface area is 109 Å². The summed E-state index contributed by atoms with van der Waals surface area (Å²) in [5, 5.41) is 11.5. The van der Waals surface area contributed by atoms with Gasteiger partial charge in [0.25, 0.3) is 0 Å². The van der Waals surface area contributed by atoms with Crippen LogP contribution in [0.1, 0.15) is 38.5 Å².